The van der Waals surface area contributed by atoms with Gasteiger partial charge in [0, 0.05) is 29.6 Å². The standard InChI is InChI=1S/C20H13N5O4S2/c21-31(27,28)15-6-3-12(4-7-15)16-8-5-14(29-16)10-17-19(26)25-20(30-17)23-18(24-25)13-2-1-9-22-11-13/h1-11H,(H2,21,27,28). The number of sulfonamides is 1. The van der Waals surface area contributed by atoms with Crippen LogP contribution in [0.25, 0.3) is 33.7 Å². The molecule has 9 nitrogen and oxygen atoms in total. The van der Waals surface area contributed by atoms with Crippen molar-refractivity contribution >= 4 is 32.4 Å². The van der Waals surface area contributed by atoms with Gasteiger partial charge in [0.1, 0.15) is 16.1 Å². The van der Waals surface area contributed by atoms with Crippen LogP contribution in [0.15, 0.2) is 75.0 Å². The summed E-state index contributed by atoms with van der Waals surface area (Å²) < 4.78 is 30.2. The van der Waals surface area contributed by atoms with E-state index in [-0.39, 0.29) is 10.5 Å². The van der Waals surface area contributed by atoms with Crippen LogP contribution in [0.2, 0.25) is 0 Å². The molecule has 0 atom stereocenters. The maximum Gasteiger partial charge on any atom is 0.291 e. The molecule has 0 saturated carbocycles. The Kier molecular flexibility index (Phi) is 4.50. The maximum absolute atomic E-state index is 12.7. The van der Waals surface area contributed by atoms with E-state index in [4.69, 9.17) is 9.56 Å². The van der Waals surface area contributed by atoms with Gasteiger partial charge in [0.2, 0.25) is 15.0 Å². The SMILES string of the molecule is NS(=O)(=O)c1ccc(-c2ccc(C=c3sc4nc(-c5cccnc5)nn4c3=O)o2)cc1. The number of fused-ring (bicyclic) bond motifs is 1. The molecule has 2 N–H and O–H groups in total. The Labute approximate surface area is 179 Å². The topological polar surface area (TPSA) is 133 Å². The number of nitrogens with two attached hydrogens (primary N) is 1. The molecule has 0 radical (unpaired) electrons. The van der Waals surface area contributed by atoms with Crippen LogP contribution in [0.4, 0.5) is 0 Å². The molecule has 0 unspecified atom stereocenters. The minimum atomic E-state index is -3.76. The number of furan rings is 1. The lowest BCUT2D eigenvalue weighted by Crippen LogP contribution is -2.23. The largest absolute Gasteiger partial charge is 0.457 e. The number of benzene rings is 1. The van der Waals surface area contributed by atoms with Crippen molar-refractivity contribution in [3.8, 4) is 22.7 Å². The first-order valence-corrected chi connectivity index (χ1v) is 11.3. The van der Waals surface area contributed by atoms with Gasteiger partial charge < -0.3 is 4.42 Å². The highest BCUT2D eigenvalue weighted by atomic mass is 32.2. The molecule has 0 aliphatic rings. The van der Waals surface area contributed by atoms with E-state index in [1.54, 1.807) is 48.8 Å². The third-order valence-corrected chi connectivity index (χ3v) is 6.36. The predicted octanol–water partition coefficient (Wildman–Crippen LogP) is 1.67. The second kappa shape index (κ2) is 7.23. The van der Waals surface area contributed by atoms with Gasteiger partial charge in [0.15, 0.2) is 5.82 Å². The average molecular weight is 451 g/mol. The number of primary sulfonamides is 1. The third kappa shape index (κ3) is 3.65. The normalized spacial score (nSPS) is 12.6. The number of thiazole rings is 1. The van der Waals surface area contributed by atoms with Gasteiger partial charge in [-0.1, -0.05) is 11.3 Å². The Morgan fingerprint density at radius 1 is 1.06 bits per heavy atom. The van der Waals surface area contributed by atoms with Crippen LogP contribution >= 0.6 is 11.3 Å². The van der Waals surface area contributed by atoms with Crippen molar-refractivity contribution < 1.29 is 12.8 Å². The molecular formula is C20H13N5O4S2. The summed E-state index contributed by atoms with van der Waals surface area (Å²) in [6, 6.07) is 13.1. The Morgan fingerprint density at radius 3 is 2.55 bits per heavy atom. The highest BCUT2D eigenvalue weighted by molar-refractivity contribution is 7.89. The molecule has 0 aliphatic heterocycles. The fourth-order valence-corrected chi connectivity index (χ4v) is 4.38. The zero-order valence-electron chi connectivity index (χ0n) is 15.7. The molecule has 0 bridgehead atoms. The number of aromatic nitrogens is 4. The summed E-state index contributed by atoms with van der Waals surface area (Å²) in [5.74, 6) is 1.43. The van der Waals surface area contributed by atoms with E-state index in [2.05, 4.69) is 15.1 Å². The summed E-state index contributed by atoms with van der Waals surface area (Å²) in [6.07, 6.45) is 4.91. The molecule has 0 aliphatic carbocycles. The minimum Gasteiger partial charge on any atom is -0.457 e. The molecule has 4 heterocycles. The zero-order chi connectivity index (χ0) is 21.6. The van der Waals surface area contributed by atoms with Crippen LogP contribution in [-0.4, -0.2) is 28.0 Å². The molecule has 11 heteroatoms. The summed E-state index contributed by atoms with van der Waals surface area (Å²) in [6.45, 7) is 0. The van der Waals surface area contributed by atoms with Gasteiger partial charge in [-0.25, -0.2) is 13.6 Å². The highest BCUT2D eigenvalue weighted by Gasteiger charge is 2.13. The first-order chi connectivity index (χ1) is 14.9. The van der Waals surface area contributed by atoms with E-state index in [1.165, 1.54) is 28.0 Å². The number of pyridine rings is 1. The van der Waals surface area contributed by atoms with Gasteiger partial charge in [-0.05, 0) is 48.5 Å². The van der Waals surface area contributed by atoms with Crippen molar-refractivity contribution in [3.05, 3.63) is 81.6 Å². The zero-order valence-corrected chi connectivity index (χ0v) is 17.3. The van der Waals surface area contributed by atoms with Crippen molar-refractivity contribution in [2.75, 3.05) is 0 Å². The van der Waals surface area contributed by atoms with E-state index in [1.807, 2.05) is 6.07 Å². The molecular weight excluding hydrogens is 438 g/mol. The Morgan fingerprint density at radius 2 is 1.87 bits per heavy atom. The predicted molar refractivity (Wildman–Crippen MR) is 115 cm³/mol. The van der Waals surface area contributed by atoms with E-state index in [9.17, 15) is 13.2 Å². The van der Waals surface area contributed by atoms with E-state index in [0.717, 1.165) is 5.56 Å². The molecule has 0 fully saturated rings. The average Bonchev–Trinajstić information content (AvgIpc) is 3.46. The molecule has 154 valence electrons. The lowest BCUT2D eigenvalue weighted by atomic mass is 10.2. The Bertz CT molecular complexity index is 1620. The number of rotatable bonds is 4. The highest BCUT2D eigenvalue weighted by Crippen LogP contribution is 2.24. The number of nitrogens with zero attached hydrogens (tertiary/aromatic N) is 4. The van der Waals surface area contributed by atoms with Gasteiger partial charge in [-0.2, -0.15) is 9.50 Å². The molecule has 31 heavy (non-hydrogen) atoms. The second-order valence-corrected chi connectivity index (χ2v) is 9.13. The molecule has 1 aromatic carbocycles. The van der Waals surface area contributed by atoms with Gasteiger partial charge in [0.25, 0.3) is 5.56 Å². The van der Waals surface area contributed by atoms with Gasteiger partial charge >= 0.3 is 0 Å². The first kappa shape index (κ1) is 19.3. The van der Waals surface area contributed by atoms with Crippen LogP contribution in [0.3, 0.4) is 0 Å². The van der Waals surface area contributed by atoms with Gasteiger partial charge in [-0.3, -0.25) is 9.78 Å². The van der Waals surface area contributed by atoms with Crippen LogP contribution in [-0.2, 0) is 10.0 Å². The number of hydrogen-bond donors (Lipinski definition) is 1. The van der Waals surface area contributed by atoms with Crippen molar-refractivity contribution in [2.45, 2.75) is 4.90 Å². The van der Waals surface area contributed by atoms with Crippen LogP contribution in [0.1, 0.15) is 5.76 Å². The fraction of sp³-hybridized carbons (Fsp3) is 0. The summed E-state index contributed by atoms with van der Waals surface area (Å²) in [5.41, 5.74) is 1.11. The second-order valence-electron chi connectivity index (χ2n) is 6.56. The van der Waals surface area contributed by atoms with E-state index < -0.39 is 10.0 Å². The quantitative estimate of drug-likeness (QED) is 0.439. The van der Waals surface area contributed by atoms with Gasteiger partial charge in [0.05, 0.1) is 4.90 Å². The monoisotopic (exact) mass is 451 g/mol. The lowest BCUT2D eigenvalue weighted by molar-refractivity contribution is 0.571. The molecule has 4 aromatic heterocycles. The molecule has 5 rings (SSSR count). The van der Waals surface area contributed by atoms with Crippen molar-refractivity contribution in [1.29, 1.82) is 0 Å². The van der Waals surface area contributed by atoms with E-state index in [0.29, 0.717) is 32.4 Å². The molecule has 0 saturated heterocycles. The van der Waals surface area contributed by atoms with Crippen LogP contribution < -0.4 is 15.2 Å². The summed E-state index contributed by atoms with van der Waals surface area (Å²) in [5, 5.41) is 9.39. The minimum absolute atomic E-state index is 0.0191. The van der Waals surface area contributed by atoms with Crippen LogP contribution in [0.5, 0.6) is 0 Å². The summed E-state index contributed by atoms with van der Waals surface area (Å²) in [4.78, 5) is 21.6. The Balaban J connectivity index is 1.47. The molecule has 5 aromatic rings. The molecule has 0 amide bonds. The van der Waals surface area contributed by atoms with E-state index >= 15 is 0 Å². The van der Waals surface area contributed by atoms with Crippen LogP contribution in [0, 0.1) is 0 Å². The fourth-order valence-electron chi connectivity index (χ4n) is 2.97. The lowest BCUT2D eigenvalue weighted by Gasteiger charge is -2.00. The number of hydrogen-bond acceptors (Lipinski definition) is 8. The smallest absolute Gasteiger partial charge is 0.291 e. The molecule has 0 spiro atoms. The van der Waals surface area contributed by atoms with Crippen molar-refractivity contribution in [1.82, 2.24) is 19.6 Å². The Hall–Kier alpha value is -3.67. The van der Waals surface area contributed by atoms with Gasteiger partial charge in [-0.15, -0.1) is 5.10 Å². The maximum atomic E-state index is 12.7. The summed E-state index contributed by atoms with van der Waals surface area (Å²) in [7, 11) is -3.76. The van der Waals surface area contributed by atoms with Crippen molar-refractivity contribution in [2.24, 2.45) is 5.14 Å². The third-order valence-electron chi connectivity index (χ3n) is 4.47. The van der Waals surface area contributed by atoms with Crippen molar-refractivity contribution in [3.63, 3.8) is 0 Å². The first-order valence-electron chi connectivity index (χ1n) is 8.93. The summed E-state index contributed by atoms with van der Waals surface area (Å²) >= 11 is 1.20.